The van der Waals surface area contributed by atoms with Gasteiger partial charge in [-0.2, -0.15) is 13.2 Å². The smallest absolute Gasteiger partial charge is 0.378 e. The van der Waals surface area contributed by atoms with Gasteiger partial charge in [-0.3, -0.25) is 4.79 Å². The Balaban J connectivity index is 1.66. The molecule has 0 amide bonds. The van der Waals surface area contributed by atoms with Crippen molar-refractivity contribution in [2.75, 3.05) is 26.4 Å². The van der Waals surface area contributed by atoms with Crippen LogP contribution in [0.15, 0.2) is 101 Å². The molecule has 3 aromatic carbocycles. The van der Waals surface area contributed by atoms with Crippen LogP contribution in [0, 0.1) is 0 Å². The lowest BCUT2D eigenvalue weighted by atomic mass is 10.1. The fraction of sp³-hybridized carbons (Fsp3) is 0.240. The summed E-state index contributed by atoms with van der Waals surface area (Å²) in [5, 5.41) is 0. The topological polar surface area (TPSA) is 107 Å². The Kier molecular flexibility index (Phi) is 10.7. The molecular formula is C25H24F3NO7S3. The van der Waals surface area contributed by atoms with Crippen LogP contribution in [0.4, 0.5) is 13.2 Å². The van der Waals surface area contributed by atoms with Crippen LogP contribution < -0.4 is 0 Å². The summed E-state index contributed by atoms with van der Waals surface area (Å²) in [6.45, 7) is -1.81. The van der Waals surface area contributed by atoms with Gasteiger partial charge in [0.2, 0.25) is 5.78 Å². The molecule has 0 saturated heterocycles. The number of hydrogen-bond donors (Lipinski definition) is 0. The predicted molar refractivity (Wildman–Crippen MR) is 139 cm³/mol. The summed E-state index contributed by atoms with van der Waals surface area (Å²) in [5.74, 6) is -0.882. The van der Waals surface area contributed by atoms with Gasteiger partial charge in [-0.05, 0) is 36.0 Å². The average Bonchev–Trinajstić information content (AvgIpc) is 2.92. The Morgan fingerprint density at radius 2 is 1.21 bits per heavy atom. The highest BCUT2D eigenvalue weighted by molar-refractivity contribution is 8.04. The summed E-state index contributed by atoms with van der Waals surface area (Å²) in [6, 6.07) is 21.3. The van der Waals surface area contributed by atoms with Crippen molar-refractivity contribution in [2.24, 2.45) is 0 Å². The van der Waals surface area contributed by atoms with Crippen molar-refractivity contribution in [1.29, 1.82) is 0 Å². The van der Waals surface area contributed by atoms with Crippen molar-refractivity contribution < 1.29 is 44.3 Å². The van der Waals surface area contributed by atoms with Crippen molar-refractivity contribution in [1.82, 2.24) is 3.71 Å². The number of sulfonamides is 2. The number of alkyl halides is 3. The van der Waals surface area contributed by atoms with Gasteiger partial charge >= 0.3 is 5.51 Å². The van der Waals surface area contributed by atoms with E-state index in [2.05, 4.69) is 0 Å². The standard InChI is InChI=1S/C25H24F3NO7S3/c26-25(27,28)37-24(23(30)20-10-4-1-5-11-20)36-19-18-35-17-16-29(38(31,32)21-12-6-2-7-13-21)39(33,34)22-14-8-3-9-15-22/h1-15,24H,16-19H2/t24-/m0/s1. The zero-order valence-electron chi connectivity index (χ0n) is 20.2. The van der Waals surface area contributed by atoms with Gasteiger partial charge in [0, 0.05) is 5.56 Å². The zero-order chi connectivity index (χ0) is 28.5. The van der Waals surface area contributed by atoms with E-state index < -0.39 is 68.3 Å². The van der Waals surface area contributed by atoms with E-state index in [1.807, 2.05) is 0 Å². The summed E-state index contributed by atoms with van der Waals surface area (Å²) >= 11 is -0.619. The van der Waals surface area contributed by atoms with Gasteiger partial charge in [-0.25, -0.2) is 16.8 Å². The molecule has 8 nitrogen and oxygen atoms in total. The fourth-order valence-electron chi connectivity index (χ4n) is 3.27. The quantitative estimate of drug-likeness (QED) is 0.150. The van der Waals surface area contributed by atoms with Gasteiger partial charge in [0.1, 0.15) is 0 Å². The van der Waals surface area contributed by atoms with Crippen LogP contribution in [0.2, 0.25) is 0 Å². The number of hydrogen-bond acceptors (Lipinski definition) is 8. The third kappa shape index (κ3) is 8.62. The normalized spacial score (nSPS) is 13.3. The highest BCUT2D eigenvalue weighted by Gasteiger charge is 2.38. The molecule has 0 spiro atoms. The number of ketones is 1. The van der Waals surface area contributed by atoms with E-state index in [4.69, 9.17) is 9.47 Å². The molecule has 3 aromatic rings. The number of benzene rings is 3. The monoisotopic (exact) mass is 603 g/mol. The maximum absolute atomic E-state index is 13.2. The van der Waals surface area contributed by atoms with E-state index in [1.165, 1.54) is 72.8 Å². The predicted octanol–water partition coefficient (Wildman–Crippen LogP) is 4.56. The van der Waals surface area contributed by atoms with E-state index in [1.54, 1.807) is 18.2 Å². The number of ether oxygens (including phenoxy) is 2. The Morgan fingerprint density at radius 3 is 1.67 bits per heavy atom. The molecule has 0 N–H and O–H groups in total. The molecule has 210 valence electrons. The Bertz CT molecular complexity index is 1350. The highest BCUT2D eigenvalue weighted by atomic mass is 32.3. The Hall–Kier alpha value is -2.75. The van der Waals surface area contributed by atoms with Crippen molar-refractivity contribution >= 4 is 37.6 Å². The summed E-state index contributed by atoms with van der Waals surface area (Å²) < 4.78 is 103. The van der Waals surface area contributed by atoms with E-state index >= 15 is 0 Å². The third-order valence-electron chi connectivity index (χ3n) is 5.05. The maximum Gasteiger partial charge on any atom is 0.444 e. The van der Waals surface area contributed by atoms with Crippen LogP contribution in [0.1, 0.15) is 10.4 Å². The Morgan fingerprint density at radius 1 is 0.744 bits per heavy atom. The first-order chi connectivity index (χ1) is 18.4. The van der Waals surface area contributed by atoms with E-state index in [-0.39, 0.29) is 22.0 Å². The second kappa shape index (κ2) is 13.5. The second-order valence-corrected chi connectivity index (χ2v) is 12.8. The van der Waals surface area contributed by atoms with Crippen molar-refractivity contribution in [3.63, 3.8) is 0 Å². The minimum Gasteiger partial charge on any atom is -0.378 e. The molecule has 0 radical (unpaired) electrons. The molecule has 1 atom stereocenters. The number of carbonyl (C=O) groups excluding carboxylic acids is 1. The molecule has 14 heteroatoms. The van der Waals surface area contributed by atoms with E-state index in [0.29, 0.717) is 3.71 Å². The minimum absolute atomic E-state index is 0.0352. The van der Waals surface area contributed by atoms with Crippen molar-refractivity contribution in [3.05, 3.63) is 96.6 Å². The summed E-state index contributed by atoms with van der Waals surface area (Å²) in [5.41, 5.74) is -6.59. The number of carbonyl (C=O) groups is 1. The summed E-state index contributed by atoms with van der Waals surface area (Å²) in [6.07, 6.45) is 0. The van der Waals surface area contributed by atoms with E-state index in [0.717, 1.165) is 0 Å². The fourth-order valence-corrected chi connectivity index (χ4v) is 7.57. The molecule has 0 aliphatic carbocycles. The number of rotatable bonds is 14. The average molecular weight is 604 g/mol. The molecule has 3 rings (SSSR count). The second-order valence-electron chi connectivity index (χ2n) is 7.74. The summed E-state index contributed by atoms with van der Waals surface area (Å²) in [4.78, 5) is 12.0. The number of Topliss-reactive ketones (excluding diaryl/α,β-unsaturated/α-hetero) is 1. The molecule has 39 heavy (non-hydrogen) atoms. The van der Waals surface area contributed by atoms with Crippen LogP contribution >= 0.6 is 11.8 Å². The van der Waals surface area contributed by atoms with Crippen LogP contribution in [-0.4, -0.2) is 63.6 Å². The van der Waals surface area contributed by atoms with Crippen molar-refractivity contribution in [2.45, 2.75) is 20.7 Å². The number of halogens is 3. The van der Waals surface area contributed by atoms with Crippen LogP contribution in [-0.2, 0) is 29.5 Å². The Labute approximate surface area is 228 Å². The van der Waals surface area contributed by atoms with Gasteiger partial charge in [-0.1, -0.05) is 70.4 Å². The van der Waals surface area contributed by atoms with E-state index in [9.17, 15) is 34.8 Å². The van der Waals surface area contributed by atoms with Crippen LogP contribution in [0.25, 0.3) is 0 Å². The molecule has 0 heterocycles. The lowest BCUT2D eigenvalue weighted by Gasteiger charge is -2.22. The van der Waals surface area contributed by atoms with Gasteiger partial charge in [0.15, 0.2) is 5.44 Å². The maximum atomic E-state index is 13.2. The molecule has 0 saturated carbocycles. The third-order valence-corrected chi connectivity index (χ3v) is 10.2. The summed E-state index contributed by atoms with van der Waals surface area (Å²) in [7, 11) is -9.03. The first-order valence-electron chi connectivity index (χ1n) is 11.3. The van der Waals surface area contributed by atoms with Gasteiger partial charge in [0.25, 0.3) is 20.0 Å². The number of nitrogens with zero attached hydrogens (tertiary/aromatic N) is 1. The first-order valence-corrected chi connectivity index (χ1v) is 15.1. The highest BCUT2D eigenvalue weighted by Crippen LogP contribution is 2.35. The molecule has 0 unspecified atom stereocenters. The molecule has 0 bridgehead atoms. The van der Waals surface area contributed by atoms with Crippen LogP contribution in [0.5, 0.6) is 0 Å². The molecule has 0 aromatic heterocycles. The lowest BCUT2D eigenvalue weighted by molar-refractivity contribution is -0.0378. The van der Waals surface area contributed by atoms with Crippen molar-refractivity contribution in [3.8, 4) is 0 Å². The van der Waals surface area contributed by atoms with Gasteiger partial charge in [0.05, 0.1) is 36.2 Å². The minimum atomic E-state index is -4.74. The molecular weight excluding hydrogens is 579 g/mol. The molecule has 0 aliphatic rings. The first kappa shape index (κ1) is 30.8. The van der Waals surface area contributed by atoms with Crippen LogP contribution in [0.3, 0.4) is 0 Å². The van der Waals surface area contributed by atoms with Gasteiger partial charge in [-0.15, -0.1) is 0 Å². The lowest BCUT2D eigenvalue weighted by Crippen LogP contribution is -2.39. The van der Waals surface area contributed by atoms with Gasteiger partial charge < -0.3 is 9.47 Å². The zero-order valence-corrected chi connectivity index (χ0v) is 22.7. The SMILES string of the molecule is O=C(c1ccccc1)[C@@H](OCCOCCN(S(=O)(=O)c1ccccc1)S(=O)(=O)c1ccccc1)SC(F)(F)F. The largest absolute Gasteiger partial charge is 0.444 e. The molecule has 0 fully saturated rings. The molecule has 0 aliphatic heterocycles. The number of thioether (sulfide) groups is 1.